The Morgan fingerprint density at radius 1 is 1.27 bits per heavy atom. The number of halogens is 1. The Hall–Kier alpha value is -2.98. The fraction of sp³-hybridized carbons (Fsp3) is 0.350. The SMILES string of the molecule is Cc1ccc(C(=O)NC[C@H]2CN(c3ccc(N4CCOCC4=O)c(F)c3)C(=O)O2)s1. The summed E-state index contributed by atoms with van der Waals surface area (Å²) in [5.74, 6) is -1.15. The predicted octanol–water partition coefficient (Wildman–Crippen LogP) is 2.31. The topological polar surface area (TPSA) is 88.2 Å². The Bertz CT molecular complexity index is 995. The molecule has 3 heterocycles. The number of morpholine rings is 1. The van der Waals surface area contributed by atoms with Gasteiger partial charge >= 0.3 is 6.09 Å². The Morgan fingerprint density at radius 2 is 2.10 bits per heavy atom. The van der Waals surface area contributed by atoms with Crippen LogP contribution in [0.4, 0.5) is 20.6 Å². The van der Waals surface area contributed by atoms with E-state index in [1.807, 2.05) is 13.0 Å². The molecule has 0 saturated carbocycles. The molecule has 0 aliphatic carbocycles. The number of thiophene rings is 1. The zero-order valence-electron chi connectivity index (χ0n) is 16.2. The van der Waals surface area contributed by atoms with Crippen LogP contribution in [0.25, 0.3) is 0 Å². The maximum Gasteiger partial charge on any atom is 0.414 e. The highest BCUT2D eigenvalue weighted by Crippen LogP contribution is 2.28. The minimum atomic E-state index is -0.615. The minimum absolute atomic E-state index is 0.0852. The molecule has 2 aromatic rings. The summed E-state index contributed by atoms with van der Waals surface area (Å²) in [5.41, 5.74) is 0.472. The molecular formula is C20H20FN3O5S. The van der Waals surface area contributed by atoms with Crippen LogP contribution >= 0.6 is 11.3 Å². The lowest BCUT2D eigenvalue weighted by Gasteiger charge is -2.27. The number of anilines is 2. The molecule has 1 N–H and O–H groups in total. The molecule has 0 radical (unpaired) electrons. The van der Waals surface area contributed by atoms with E-state index >= 15 is 0 Å². The number of carbonyl (C=O) groups excluding carboxylic acids is 3. The molecule has 1 aromatic heterocycles. The molecule has 8 nitrogen and oxygen atoms in total. The maximum absolute atomic E-state index is 14.7. The molecule has 0 bridgehead atoms. The molecule has 158 valence electrons. The van der Waals surface area contributed by atoms with Crippen molar-refractivity contribution >= 4 is 40.6 Å². The van der Waals surface area contributed by atoms with Gasteiger partial charge in [-0.1, -0.05) is 0 Å². The molecule has 2 fully saturated rings. The Morgan fingerprint density at radius 3 is 2.80 bits per heavy atom. The largest absolute Gasteiger partial charge is 0.442 e. The summed E-state index contributed by atoms with van der Waals surface area (Å²) in [6.07, 6.45) is -1.16. The first-order valence-corrected chi connectivity index (χ1v) is 10.2. The van der Waals surface area contributed by atoms with Crippen LogP contribution < -0.4 is 15.1 Å². The molecule has 3 amide bonds. The maximum atomic E-state index is 14.7. The van der Waals surface area contributed by atoms with E-state index in [1.165, 1.54) is 33.3 Å². The van der Waals surface area contributed by atoms with Gasteiger partial charge in [-0.3, -0.25) is 14.5 Å². The summed E-state index contributed by atoms with van der Waals surface area (Å²) >= 11 is 1.38. The van der Waals surface area contributed by atoms with E-state index < -0.39 is 18.0 Å². The molecular weight excluding hydrogens is 413 g/mol. The third kappa shape index (κ3) is 4.14. The second-order valence-corrected chi connectivity index (χ2v) is 8.26. The molecule has 1 atom stereocenters. The number of hydrogen-bond acceptors (Lipinski definition) is 6. The third-order valence-corrected chi connectivity index (χ3v) is 5.85. The quantitative estimate of drug-likeness (QED) is 0.782. The standard InChI is InChI=1S/C20H20FN3O5S/c1-12-2-5-17(30-12)19(26)22-9-14-10-24(20(27)29-14)13-3-4-16(15(21)8-13)23-6-7-28-11-18(23)25/h2-5,8,14H,6-7,9-11H2,1H3,(H,22,26)/t14-/m0/s1. The number of aryl methyl sites for hydroxylation is 1. The lowest BCUT2D eigenvalue weighted by atomic mass is 10.2. The van der Waals surface area contributed by atoms with Gasteiger partial charge in [-0.15, -0.1) is 11.3 Å². The number of ether oxygens (including phenoxy) is 2. The zero-order chi connectivity index (χ0) is 21.3. The van der Waals surface area contributed by atoms with Crippen LogP contribution in [0, 0.1) is 12.7 Å². The summed E-state index contributed by atoms with van der Waals surface area (Å²) in [5, 5.41) is 2.75. The number of carbonyl (C=O) groups is 3. The smallest absolute Gasteiger partial charge is 0.414 e. The van der Waals surface area contributed by atoms with Crippen LogP contribution in [0.15, 0.2) is 30.3 Å². The van der Waals surface area contributed by atoms with Crippen LogP contribution in [0.1, 0.15) is 14.5 Å². The number of cyclic esters (lactones) is 1. The van der Waals surface area contributed by atoms with Crippen molar-refractivity contribution in [2.45, 2.75) is 13.0 Å². The van der Waals surface area contributed by atoms with E-state index in [2.05, 4.69) is 5.32 Å². The number of nitrogens with one attached hydrogen (secondary N) is 1. The van der Waals surface area contributed by atoms with Crippen LogP contribution in [0.5, 0.6) is 0 Å². The van der Waals surface area contributed by atoms with E-state index in [4.69, 9.17) is 9.47 Å². The number of hydrogen-bond donors (Lipinski definition) is 1. The van der Waals surface area contributed by atoms with Crippen molar-refractivity contribution in [1.29, 1.82) is 0 Å². The first kappa shape index (κ1) is 20.3. The van der Waals surface area contributed by atoms with Gasteiger partial charge in [0.2, 0.25) is 0 Å². The van der Waals surface area contributed by atoms with E-state index in [0.29, 0.717) is 17.2 Å². The van der Waals surface area contributed by atoms with Gasteiger partial charge in [0, 0.05) is 11.4 Å². The van der Waals surface area contributed by atoms with Crippen molar-refractivity contribution < 1.29 is 28.2 Å². The Kier molecular flexibility index (Phi) is 5.69. The van der Waals surface area contributed by atoms with Crippen LogP contribution in [0.3, 0.4) is 0 Å². The fourth-order valence-corrected chi connectivity index (χ4v) is 4.13. The van der Waals surface area contributed by atoms with Crippen molar-refractivity contribution in [1.82, 2.24) is 5.32 Å². The number of amides is 3. The third-order valence-electron chi connectivity index (χ3n) is 4.85. The van der Waals surface area contributed by atoms with Crippen LogP contribution in [-0.4, -0.2) is 56.9 Å². The second kappa shape index (κ2) is 8.41. The summed E-state index contributed by atoms with van der Waals surface area (Å²) in [4.78, 5) is 40.6. The highest BCUT2D eigenvalue weighted by molar-refractivity contribution is 7.13. The summed E-state index contributed by atoms with van der Waals surface area (Å²) in [7, 11) is 0. The van der Waals surface area contributed by atoms with Gasteiger partial charge in [0.25, 0.3) is 11.8 Å². The zero-order valence-corrected chi connectivity index (χ0v) is 17.0. The highest BCUT2D eigenvalue weighted by Gasteiger charge is 2.33. The van der Waals surface area contributed by atoms with E-state index in [9.17, 15) is 18.8 Å². The van der Waals surface area contributed by atoms with Gasteiger partial charge in [-0.05, 0) is 37.3 Å². The van der Waals surface area contributed by atoms with Gasteiger partial charge < -0.3 is 19.7 Å². The van der Waals surface area contributed by atoms with Crippen molar-refractivity contribution in [2.75, 3.05) is 42.6 Å². The summed E-state index contributed by atoms with van der Waals surface area (Å²) in [6.45, 7) is 2.77. The van der Waals surface area contributed by atoms with E-state index in [0.717, 1.165) is 4.88 Å². The van der Waals surface area contributed by atoms with Gasteiger partial charge in [-0.2, -0.15) is 0 Å². The average molecular weight is 433 g/mol. The molecule has 2 aliphatic heterocycles. The molecule has 10 heteroatoms. The Labute approximate surface area is 176 Å². The van der Waals surface area contributed by atoms with Crippen molar-refractivity contribution in [3.05, 3.63) is 45.9 Å². The van der Waals surface area contributed by atoms with Gasteiger partial charge in [0.15, 0.2) is 0 Å². The number of rotatable bonds is 5. The molecule has 1 aromatic carbocycles. The fourth-order valence-electron chi connectivity index (χ4n) is 3.34. The van der Waals surface area contributed by atoms with Gasteiger partial charge in [0.05, 0.1) is 35.9 Å². The Balaban J connectivity index is 1.39. The lowest BCUT2D eigenvalue weighted by Crippen LogP contribution is -2.42. The van der Waals surface area contributed by atoms with Gasteiger partial charge in [0.1, 0.15) is 18.5 Å². The summed E-state index contributed by atoms with van der Waals surface area (Å²) < 4.78 is 25.0. The van der Waals surface area contributed by atoms with Crippen molar-refractivity contribution in [3.63, 3.8) is 0 Å². The minimum Gasteiger partial charge on any atom is -0.442 e. The first-order valence-electron chi connectivity index (χ1n) is 9.43. The average Bonchev–Trinajstić information content (AvgIpc) is 3.32. The van der Waals surface area contributed by atoms with Crippen LogP contribution in [0.2, 0.25) is 0 Å². The van der Waals surface area contributed by atoms with Crippen LogP contribution in [-0.2, 0) is 14.3 Å². The predicted molar refractivity (Wildman–Crippen MR) is 109 cm³/mol. The van der Waals surface area contributed by atoms with E-state index in [1.54, 1.807) is 12.1 Å². The molecule has 2 aliphatic rings. The summed E-state index contributed by atoms with van der Waals surface area (Å²) in [6, 6.07) is 7.84. The lowest BCUT2D eigenvalue weighted by molar-refractivity contribution is -0.125. The number of benzene rings is 1. The molecule has 0 unspecified atom stereocenters. The van der Waals surface area contributed by atoms with Crippen molar-refractivity contribution in [3.8, 4) is 0 Å². The second-order valence-electron chi connectivity index (χ2n) is 6.97. The molecule has 30 heavy (non-hydrogen) atoms. The number of nitrogens with zero attached hydrogens (tertiary/aromatic N) is 2. The van der Waals surface area contributed by atoms with Gasteiger partial charge in [-0.25, -0.2) is 9.18 Å². The monoisotopic (exact) mass is 433 g/mol. The van der Waals surface area contributed by atoms with E-state index in [-0.39, 0.29) is 43.7 Å². The molecule has 2 saturated heterocycles. The van der Waals surface area contributed by atoms with Crippen molar-refractivity contribution in [2.24, 2.45) is 0 Å². The molecule has 4 rings (SSSR count). The molecule has 0 spiro atoms. The highest BCUT2D eigenvalue weighted by atomic mass is 32.1. The first-order chi connectivity index (χ1) is 14.4. The normalized spacial score (nSPS) is 19.2.